The lowest BCUT2D eigenvalue weighted by Crippen LogP contribution is -2.42. The van der Waals surface area contributed by atoms with Crippen molar-refractivity contribution in [2.75, 3.05) is 38.1 Å². The first-order valence-electron chi connectivity index (χ1n) is 9.37. The Morgan fingerprint density at radius 1 is 1.19 bits per heavy atom. The van der Waals surface area contributed by atoms with Crippen molar-refractivity contribution >= 4 is 11.6 Å². The first-order valence-corrected chi connectivity index (χ1v) is 9.37. The van der Waals surface area contributed by atoms with Crippen molar-refractivity contribution in [1.29, 1.82) is 0 Å². The van der Waals surface area contributed by atoms with Crippen LogP contribution in [0.1, 0.15) is 24.5 Å². The van der Waals surface area contributed by atoms with Gasteiger partial charge in [0.15, 0.2) is 5.96 Å². The number of nitrogens with zero attached hydrogens (tertiary/aromatic N) is 4. The van der Waals surface area contributed by atoms with Crippen molar-refractivity contribution in [2.45, 2.75) is 33.7 Å². The summed E-state index contributed by atoms with van der Waals surface area (Å²) in [5.74, 6) is 0.849. The van der Waals surface area contributed by atoms with Gasteiger partial charge in [-0.15, -0.1) is 0 Å². The van der Waals surface area contributed by atoms with Gasteiger partial charge >= 0.3 is 0 Å². The third-order valence-electron chi connectivity index (χ3n) is 4.27. The predicted octanol–water partition coefficient (Wildman–Crippen LogP) is 2.58. The van der Waals surface area contributed by atoms with Crippen LogP contribution in [0.5, 0.6) is 0 Å². The van der Waals surface area contributed by atoms with E-state index in [1.54, 1.807) is 0 Å². The first kappa shape index (κ1) is 19.8. The number of guanidine groups is 1. The van der Waals surface area contributed by atoms with Gasteiger partial charge in [-0.25, -0.2) is 0 Å². The van der Waals surface area contributed by atoms with Crippen LogP contribution in [0.2, 0.25) is 0 Å². The molecule has 0 radical (unpaired) electrons. The maximum Gasteiger partial charge on any atom is 0.191 e. The van der Waals surface area contributed by atoms with Gasteiger partial charge in [0.25, 0.3) is 0 Å². The van der Waals surface area contributed by atoms with Gasteiger partial charge in [-0.1, -0.05) is 12.1 Å². The van der Waals surface area contributed by atoms with E-state index in [2.05, 4.69) is 76.9 Å². The molecular weight excluding hydrogens is 324 g/mol. The molecule has 1 aromatic carbocycles. The average molecular weight is 357 g/mol. The van der Waals surface area contributed by atoms with Gasteiger partial charge in [-0.05, 0) is 50.5 Å². The van der Waals surface area contributed by atoms with Crippen LogP contribution in [-0.2, 0) is 6.54 Å². The molecule has 0 amide bonds. The van der Waals surface area contributed by atoms with Crippen LogP contribution in [0.15, 0.2) is 41.7 Å². The van der Waals surface area contributed by atoms with Gasteiger partial charge in [0.05, 0.1) is 6.20 Å². The lowest BCUT2D eigenvalue weighted by Gasteiger charge is -2.24. The molecule has 2 rings (SSSR count). The second kappa shape index (κ2) is 10.5. The lowest BCUT2D eigenvalue weighted by atomic mass is 10.2. The van der Waals surface area contributed by atoms with E-state index in [0.717, 1.165) is 45.1 Å². The monoisotopic (exact) mass is 356 g/mol. The van der Waals surface area contributed by atoms with Gasteiger partial charge in [0.2, 0.25) is 0 Å². The van der Waals surface area contributed by atoms with E-state index < -0.39 is 0 Å². The molecule has 0 bridgehead atoms. The van der Waals surface area contributed by atoms with Crippen LogP contribution >= 0.6 is 0 Å². The Hall–Kier alpha value is -2.50. The number of hydrogen-bond donors (Lipinski definition) is 2. The van der Waals surface area contributed by atoms with Crippen molar-refractivity contribution in [1.82, 2.24) is 20.4 Å². The molecule has 1 aromatic heterocycles. The highest BCUT2D eigenvalue weighted by Gasteiger charge is 2.05. The number of aliphatic imine (C=N–C) groups is 1. The lowest BCUT2D eigenvalue weighted by molar-refractivity contribution is 0.570. The van der Waals surface area contributed by atoms with Crippen LogP contribution in [0.3, 0.4) is 0 Å². The smallest absolute Gasteiger partial charge is 0.191 e. The number of rotatable bonds is 9. The number of hydrogen-bond acceptors (Lipinski definition) is 3. The molecule has 142 valence electrons. The van der Waals surface area contributed by atoms with E-state index in [0.29, 0.717) is 0 Å². The summed E-state index contributed by atoms with van der Waals surface area (Å²) in [5.41, 5.74) is 3.76. The molecule has 6 nitrogen and oxygen atoms in total. The summed E-state index contributed by atoms with van der Waals surface area (Å²) in [4.78, 5) is 6.67. The maximum atomic E-state index is 4.30. The van der Waals surface area contributed by atoms with E-state index in [9.17, 15) is 0 Å². The Morgan fingerprint density at radius 3 is 2.65 bits per heavy atom. The maximum absolute atomic E-state index is 4.30. The molecule has 0 aliphatic rings. The molecular formula is C20H32N6. The standard InChI is InChI=1S/C20H32N6/c1-5-25(19-9-6-8-17(2)14-19)13-11-23-20(21-4)22-10-7-12-26-16-18(3)15-24-26/h6,8-9,14-16H,5,7,10-13H2,1-4H3,(H2,21,22,23). The van der Waals surface area contributed by atoms with Crippen molar-refractivity contribution < 1.29 is 0 Å². The highest BCUT2D eigenvalue weighted by Crippen LogP contribution is 2.14. The summed E-state index contributed by atoms with van der Waals surface area (Å²) in [5, 5.41) is 11.1. The molecule has 2 N–H and O–H groups in total. The molecule has 0 saturated carbocycles. The average Bonchev–Trinajstić information content (AvgIpc) is 3.05. The Morgan fingerprint density at radius 2 is 2.00 bits per heavy atom. The second-order valence-corrected chi connectivity index (χ2v) is 6.48. The molecule has 0 fully saturated rings. The van der Waals surface area contributed by atoms with E-state index in [4.69, 9.17) is 0 Å². The van der Waals surface area contributed by atoms with Crippen molar-refractivity contribution in [2.24, 2.45) is 4.99 Å². The van der Waals surface area contributed by atoms with Crippen LogP contribution < -0.4 is 15.5 Å². The van der Waals surface area contributed by atoms with Gasteiger partial charge in [0.1, 0.15) is 0 Å². The van der Waals surface area contributed by atoms with Gasteiger partial charge in [0, 0.05) is 51.7 Å². The quantitative estimate of drug-likeness (QED) is 0.412. The van der Waals surface area contributed by atoms with Crippen LogP contribution in [0.25, 0.3) is 0 Å². The minimum atomic E-state index is 0.847. The highest BCUT2D eigenvalue weighted by molar-refractivity contribution is 5.79. The first-order chi connectivity index (χ1) is 12.6. The zero-order chi connectivity index (χ0) is 18.8. The zero-order valence-electron chi connectivity index (χ0n) is 16.5. The summed E-state index contributed by atoms with van der Waals surface area (Å²) in [6, 6.07) is 8.64. The van der Waals surface area contributed by atoms with Crippen LogP contribution in [0.4, 0.5) is 5.69 Å². The molecule has 2 aromatic rings. The number of aryl methyl sites for hydroxylation is 3. The summed E-state index contributed by atoms with van der Waals surface area (Å²) in [7, 11) is 1.81. The molecule has 6 heteroatoms. The van der Waals surface area contributed by atoms with E-state index in [1.165, 1.54) is 16.8 Å². The van der Waals surface area contributed by atoms with E-state index in [1.807, 2.05) is 17.9 Å². The minimum absolute atomic E-state index is 0.847. The summed E-state index contributed by atoms with van der Waals surface area (Å²) < 4.78 is 1.98. The van der Waals surface area contributed by atoms with Crippen molar-refractivity contribution in [3.05, 3.63) is 47.8 Å². The number of benzene rings is 1. The number of aromatic nitrogens is 2. The Kier molecular flexibility index (Phi) is 7.99. The topological polar surface area (TPSA) is 57.5 Å². The highest BCUT2D eigenvalue weighted by atomic mass is 15.3. The summed E-state index contributed by atoms with van der Waals surface area (Å²) >= 11 is 0. The van der Waals surface area contributed by atoms with E-state index in [-0.39, 0.29) is 0 Å². The van der Waals surface area contributed by atoms with Gasteiger partial charge in [-0.3, -0.25) is 9.67 Å². The molecule has 0 atom stereocenters. The van der Waals surface area contributed by atoms with Crippen LogP contribution in [0, 0.1) is 13.8 Å². The Bertz CT molecular complexity index is 691. The summed E-state index contributed by atoms with van der Waals surface area (Å²) in [6.45, 7) is 10.9. The summed E-state index contributed by atoms with van der Waals surface area (Å²) in [6.07, 6.45) is 4.96. The largest absolute Gasteiger partial charge is 0.370 e. The molecule has 0 aliphatic heterocycles. The molecule has 1 heterocycles. The Labute approximate surface area is 157 Å². The zero-order valence-corrected chi connectivity index (χ0v) is 16.5. The predicted molar refractivity (Wildman–Crippen MR) is 110 cm³/mol. The molecule has 0 aliphatic carbocycles. The normalized spacial score (nSPS) is 11.5. The molecule has 0 saturated heterocycles. The number of likely N-dealkylation sites (N-methyl/N-ethyl adjacent to an activating group) is 1. The molecule has 0 unspecified atom stereocenters. The van der Waals surface area contributed by atoms with Crippen LogP contribution in [-0.4, -0.2) is 49.0 Å². The fourth-order valence-electron chi connectivity index (χ4n) is 2.86. The molecule has 0 spiro atoms. The van der Waals surface area contributed by atoms with Gasteiger partial charge < -0.3 is 15.5 Å². The Balaban J connectivity index is 1.69. The van der Waals surface area contributed by atoms with Gasteiger partial charge in [-0.2, -0.15) is 5.10 Å². The fraction of sp³-hybridized carbons (Fsp3) is 0.500. The molecule has 26 heavy (non-hydrogen) atoms. The van der Waals surface area contributed by atoms with Crippen molar-refractivity contribution in [3.63, 3.8) is 0 Å². The van der Waals surface area contributed by atoms with Crippen molar-refractivity contribution in [3.8, 4) is 0 Å². The number of anilines is 1. The SMILES string of the molecule is CCN(CCNC(=NC)NCCCn1cc(C)cn1)c1cccc(C)c1. The third-order valence-corrected chi connectivity index (χ3v) is 4.27. The minimum Gasteiger partial charge on any atom is -0.370 e. The fourth-order valence-corrected chi connectivity index (χ4v) is 2.86. The number of nitrogens with one attached hydrogen (secondary N) is 2. The third kappa shape index (κ3) is 6.43. The second-order valence-electron chi connectivity index (χ2n) is 6.48. The van der Waals surface area contributed by atoms with E-state index >= 15 is 0 Å².